The third-order valence-electron chi connectivity index (χ3n) is 12.2. The summed E-state index contributed by atoms with van der Waals surface area (Å²) >= 11 is 0. The van der Waals surface area contributed by atoms with Crippen molar-refractivity contribution in [2.45, 2.75) is 148 Å². The monoisotopic (exact) mass is 563 g/mol. The Morgan fingerprint density at radius 2 is 1.78 bits per heavy atom. The maximum atomic E-state index is 10.3. The Balaban J connectivity index is 0.00000165. The largest absolute Gasteiger partial charge is 0.494 e. The highest BCUT2D eigenvalue weighted by molar-refractivity contribution is 5.29. The number of aliphatic hydroxyl groups is 1. The van der Waals surface area contributed by atoms with Crippen LogP contribution in [-0.2, 0) is 6.42 Å². The van der Waals surface area contributed by atoms with Gasteiger partial charge in [-0.3, -0.25) is 0 Å². The number of nitrogens with one attached hydrogen (secondary N) is 1. The number of hydrogen-bond donors (Lipinski definition) is 2. The lowest BCUT2D eigenvalue weighted by Crippen LogP contribution is -2.37. The van der Waals surface area contributed by atoms with Crippen LogP contribution < -0.4 is 10.1 Å². The van der Waals surface area contributed by atoms with Crippen LogP contribution in [-0.4, -0.2) is 29.9 Å². The van der Waals surface area contributed by atoms with Gasteiger partial charge in [-0.1, -0.05) is 64.3 Å². The molecule has 3 heteroatoms. The lowest BCUT2D eigenvalue weighted by atomic mass is 9.63. The summed E-state index contributed by atoms with van der Waals surface area (Å²) < 4.78 is 6.52. The van der Waals surface area contributed by atoms with E-state index in [2.05, 4.69) is 48.7 Å². The number of benzene rings is 1. The van der Waals surface area contributed by atoms with Crippen LogP contribution in [0.25, 0.3) is 0 Å². The third-order valence-corrected chi connectivity index (χ3v) is 12.2. The Morgan fingerprint density at radius 3 is 2.61 bits per heavy atom. The first-order valence-corrected chi connectivity index (χ1v) is 18.0. The molecule has 2 N–H and O–H groups in total. The van der Waals surface area contributed by atoms with Gasteiger partial charge in [-0.15, -0.1) is 0 Å². The number of fused-ring (bicyclic) bond motifs is 4. The smallest absolute Gasteiger partial charge is 0.119 e. The van der Waals surface area contributed by atoms with Gasteiger partial charge in [0.2, 0.25) is 0 Å². The molecule has 4 saturated carbocycles. The van der Waals surface area contributed by atoms with E-state index in [-0.39, 0.29) is 6.10 Å². The molecule has 41 heavy (non-hydrogen) atoms. The zero-order valence-corrected chi connectivity index (χ0v) is 26.7. The van der Waals surface area contributed by atoms with Gasteiger partial charge in [0.15, 0.2) is 0 Å². The number of ether oxygens (including phenoxy) is 1. The summed E-state index contributed by atoms with van der Waals surface area (Å²) in [5, 5.41) is 14.2. The zero-order chi connectivity index (χ0) is 28.7. The van der Waals surface area contributed by atoms with Crippen molar-refractivity contribution in [2.24, 2.45) is 35.0 Å². The summed E-state index contributed by atoms with van der Waals surface area (Å²) in [7, 11) is 0. The summed E-state index contributed by atoms with van der Waals surface area (Å²) in [6, 6.07) is 10.3. The quantitative estimate of drug-likeness (QED) is 0.294. The number of rotatable bonds is 9. The van der Waals surface area contributed by atoms with Crippen molar-refractivity contribution in [3.05, 3.63) is 42.0 Å². The van der Waals surface area contributed by atoms with Gasteiger partial charge in [0.25, 0.3) is 0 Å². The van der Waals surface area contributed by atoms with E-state index in [1.807, 2.05) is 13.8 Å². The molecule has 5 aliphatic carbocycles. The number of aliphatic hydroxyl groups excluding tert-OH is 1. The van der Waals surface area contributed by atoms with Gasteiger partial charge in [-0.05, 0) is 143 Å². The Kier molecular flexibility index (Phi) is 11.3. The molecule has 0 saturated heterocycles. The van der Waals surface area contributed by atoms with Crippen LogP contribution in [0.1, 0.15) is 129 Å². The summed E-state index contributed by atoms with van der Waals surface area (Å²) in [6.45, 7) is 7.19. The van der Waals surface area contributed by atoms with E-state index < -0.39 is 0 Å². The van der Waals surface area contributed by atoms with Crippen molar-refractivity contribution < 1.29 is 9.84 Å². The van der Waals surface area contributed by atoms with E-state index in [9.17, 15) is 5.11 Å². The highest BCUT2D eigenvalue weighted by Crippen LogP contribution is 2.59. The van der Waals surface area contributed by atoms with Crippen LogP contribution in [0.4, 0.5) is 0 Å². The Bertz CT molecular complexity index is 953. The predicted octanol–water partition coefficient (Wildman–Crippen LogP) is 9.27. The Hall–Kier alpha value is -1.32. The van der Waals surface area contributed by atoms with Crippen LogP contribution in [0.2, 0.25) is 0 Å². The highest BCUT2D eigenvalue weighted by Gasteiger charge is 2.49. The number of allylic oxidation sites excluding steroid dienone is 1. The van der Waals surface area contributed by atoms with Crippen molar-refractivity contribution in [3.8, 4) is 5.75 Å². The second-order valence-electron chi connectivity index (χ2n) is 14.3. The molecule has 0 radical (unpaired) electrons. The van der Waals surface area contributed by atoms with Gasteiger partial charge in [0, 0.05) is 12.1 Å². The first-order chi connectivity index (χ1) is 20.1. The van der Waals surface area contributed by atoms with E-state index in [0.29, 0.717) is 17.4 Å². The topological polar surface area (TPSA) is 41.5 Å². The summed E-state index contributed by atoms with van der Waals surface area (Å²) in [5.41, 5.74) is 1.92. The molecule has 3 nitrogen and oxygen atoms in total. The molecule has 8 atom stereocenters. The molecule has 0 bridgehead atoms. The Labute approximate surface area is 252 Å². The first-order valence-electron chi connectivity index (χ1n) is 18.0. The molecular formula is C38H61NO2. The fourth-order valence-corrected chi connectivity index (χ4v) is 9.99. The molecule has 0 heterocycles. The zero-order valence-electron chi connectivity index (χ0n) is 26.7. The number of hydrogen-bond acceptors (Lipinski definition) is 3. The molecule has 0 aromatic heterocycles. The summed E-state index contributed by atoms with van der Waals surface area (Å²) in [6.07, 6.45) is 26.8. The average Bonchev–Trinajstić information content (AvgIpc) is 3.57. The van der Waals surface area contributed by atoms with Crippen molar-refractivity contribution in [3.63, 3.8) is 0 Å². The molecule has 230 valence electrons. The van der Waals surface area contributed by atoms with E-state index in [1.165, 1.54) is 102 Å². The summed E-state index contributed by atoms with van der Waals surface area (Å²) in [5.74, 6) is 5.29. The van der Waals surface area contributed by atoms with E-state index in [4.69, 9.17) is 4.74 Å². The fraction of sp³-hybridized carbons (Fsp3) is 0.789. The van der Waals surface area contributed by atoms with Crippen molar-refractivity contribution in [1.29, 1.82) is 0 Å². The van der Waals surface area contributed by atoms with Gasteiger partial charge < -0.3 is 15.2 Å². The Morgan fingerprint density at radius 1 is 0.927 bits per heavy atom. The van der Waals surface area contributed by atoms with Gasteiger partial charge >= 0.3 is 0 Å². The normalized spacial score (nSPS) is 35.7. The minimum atomic E-state index is -0.211. The molecule has 0 spiro atoms. The molecule has 0 aliphatic heterocycles. The lowest BCUT2D eigenvalue weighted by Gasteiger charge is -2.42. The molecule has 1 aromatic rings. The van der Waals surface area contributed by atoms with Crippen LogP contribution in [0.5, 0.6) is 5.75 Å². The maximum Gasteiger partial charge on any atom is 0.119 e. The predicted molar refractivity (Wildman–Crippen MR) is 172 cm³/mol. The second-order valence-corrected chi connectivity index (χ2v) is 14.3. The van der Waals surface area contributed by atoms with Crippen molar-refractivity contribution in [2.75, 3.05) is 6.61 Å². The second kappa shape index (κ2) is 14.9. The van der Waals surface area contributed by atoms with E-state index >= 15 is 0 Å². The first kappa shape index (κ1) is 31.1. The molecular weight excluding hydrogens is 502 g/mol. The maximum absolute atomic E-state index is 10.3. The molecule has 5 aliphatic rings. The molecule has 6 rings (SSSR count). The SMILES string of the molecule is CC.CCC(Cc1cccc(OCCC23CCCC2CC2CCC4C=CC(O)CCC4C2CC3)c1)NC1CCCC1. The molecule has 0 amide bonds. The van der Waals surface area contributed by atoms with Gasteiger partial charge in [0.1, 0.15) is 5.75 Å². The van der Waals surface area contributed by atoms with E-state index in [0.717, 1.165) is 54.9 Å². The van der Waals surface area contributed by atoms with Crippen LogP contribution in [0, 0.1) is 35.0 Å². The van der Waals surface area contributed by atoms with Gasteiger partial charge in [-0.25, -0.2) is 0 Å². The fourth-order valence-electron chi connectivity index (χ4n) is 9.99. The average molecular weight is 564 g/mol. The molecule has 4 fully saturated rings. The lowest BCUT2D eigenvalue weighted by molar-refractivity contribution is 0.0856. The van der Waals surface area contributed by atoms with Crippen molar-refractivity contribution in [1.82, 2.24) is 5.32 Å². The van der Waals surface area contributed by atoms with Crippen LogP contribution >= 0.6 is 0 Å². The minimum absolute atomic E-state index is 0.211. The standard InChI is InChI=1S/C36H55NO2.C2H6/c1-2-30(37-31-9-3-4-10-31)23-26-7-5-11-33(24-26)39-22-21-36-19-6-8-29(36)25-28-13-12-27-14-15-32(38)16-17-34(27)35(28)18-20-36;1-2/h5,7,11,14-15,24,27-32,34-35,37-38H,2-4,6,8-10,12-13,16-23,25H2,1H3;1-2H3. The minimum Gasteiger partial charge on any atom is -0.494 e. The summed E-state index contributed by atoms with van der Waals surface area (Å²) in [4.78, 5) is 0. The van der Waals surface area contributed by atoms with Crippen LogP contribution in [0.15, 0.2) is 36.4 Å². The van der Waals surface area contributed by atoms with Crippen molar-refractivity contribution >= 4 is 0 Å². The highest BCUT2D eigenvalue weighted by atomic mass is 16.5. The van der Waals surface area contributed by atoms with E-state index in [1.54, 1.807) is 0 Å². The van der Waals surface area contributed by atoms with Gasteiger partial charge in [-0.2, -0.15) is 0 Å². The van der Waals surface area contributed by atoms with Gasteiger partial charge in [0.05, 0.1) is 12.7 Å². The van der Waals surface area contributed by atoms with Crippen LogP contribution in [0.3, 0.4) is 0 Å². The third kappa shape index (κ3) is 7.61. The molecule has 1 aromatic carbocycles. The molecule has 8 unspecified atom stereocenters.